The number of halogens is 3. The van der Waals surface area contributed by atoms with Gasteiger partial charge in [-0.3, -0.25) is 4.79 Å². The van der Waals surface area contributed by atoms with Gasteiger partial charge in [-0.2, -0.15) is 13.2 Å². The van der Waals surface area contributed by atoms with Crippen LogP contribution in [0.3, 0.4) is 0 Å². The van der Waals surface area contributed by atoms with E-state index >= 15 is 0 Å². The highest BCUT2D eigenvalue weighted by molar-refractivity contribution is 6.01. The van der Waals surface area contributed by atoms with Crippen LogP contribution < -0.4 is 5.32 Å². The minimum absolute atomic E-state index is 0.0661. The molecule has 0 aliphatic heterocycles. The Morgan fingerprint density at radius 3 is 2.42 bits per heavy atom. The normalized spacial score (nSPS) is 13.0. The Balaban J connectivity index is 1.94. The summed E-state index contributed by atoms with van der Waals surface area (Å²) >= 11 is 0. The molecule has 0 spiro atoms. The summed E-state index contributed by atoms with van der Waals surface area (Å²) in [7, 11) is 0. The Morgan fingerprint density at radius 1 is 1.19 bits per heavy atom. The molecule has 26 heavy (non-hydrogen) atoms. The molecule has 0 aliphatic rings. The van der Waals surface area contributed by atoms with Crippen LogP contribution in [0.2, 0.25) is 0 Å². The highest BCUT2D eigenvalue weighted by Gasteiger charge is 2.30. The molecule has 3 nitrogen and oxygen atoms in total. The molecule has 1 aromatic heterocycles. The number of hydrogen-bond donors (Lipinski definition) is 1. The molecule has 0 bridgehead atoms. The third-order valence-electron chi connectivity index (χ3n) is 4.00. The predicted molar refractivity (Wildman–Crippen MR) is 96.7 cm³/mol. The molecule has 0 radical (unpaired) electrons. The number of carbonyl (C=O) groups is 1. The van der Waals surface area contributed by atoms with Crippen LogP contribution in [0.4, 0.5) is 19.0 Å². The van der Waals surface area contributed by atoms with Crippen LogP contribution in [-0.4, -0.2) is 10.9 Å². The van der Waals surface area contributed by atoms with Crippen LogP contribution in [0.5, 0.6) is 0 Å². The van der Waals surface area contributed by atoms with Gasteiger partial charge in [-0.1, -0.05) is 44.5 Å². The first-order chi connectivity index (χ1) is 12.3. The minimum atomic E-state index is -4.45. The van der Waals surface area contributed by atoms with E-state index in [-0.39, 0.29) is 5.82 Å². The molecule has 0 fully saturated rings. The lowest BCUT2D eigenvalue weighted by Crippen LogP contribution is -2.11. The zero-order valence-electron chi connectivity index (χ0n) is 14.7. The number of nitrogens with one attached hydrogen (secondary N) is 1. The fraction of sp³-hybridized carbons (Fsp3) is 0.300. The van der Waals surface area contributed by atoms with Crippen molar-refractivity contribution >= 4 is 17.8 Å². The summed E-state index contributed by atoms with van der Waals surface area (Å²) < 4.78 is 37.4. The highest BCUT2D eigenvalue weighted by Crippen LogP contribution is 2.28. The first kappa shape index (κ1) is 19.7. The fourth-order valence-corrected chi connectivity index (χ4v) is 2.51. The van der Waals surface area contributed by atoms with Gasteiger partial charge < -0.3 is 5.32 Å². The van der Waals surface area contributed by atoms with Crippen molar-refractivity contribution < 1.29 is 18.0 Å². The quantitative estimate of drug-likeness (QED) is 0.674. The second-order valence-corrected chi connectivity index (χ2v) is 6.11. The van der Waals surface area contributed by atoms with Crippen molar-refractivity contribution in [1.29, 1.82) is 0 Å². The number of benzene rings is 1. The number of rotatable bonds is 6. The van der Waals surface area contributed by atoms with E-state index in [1.807, 2.05) is 24.3 Å². The number of hydrogen-bond acceptors (Lipinski definition) is 2. The topological polar surface area (TPSA) is 42.0 Å². The third-order valence-corrected chi connectivity index (χ3v) is 4.00. The smallest absolute Gasteiger partial charge is 0.307 e. The fourth-order valence-electron chi connectivity index (χ4n) is 2.51. The zero-order valence-corrected chi connectivity index (χ0v) is 14.7. The molecule has 1 unspecified atom stereocenters. The summed E-state index contributed by atoms with van der Waals surface area (Å²) in [5.41, 5.74) is 1.26. The predicted octanol–water partition coefficient (Wildman–Crippen LogP) is 5.66. The molecule has 1 aromatic carbocycles. The van der Waals surface area contributed by atoms with E-state index in [1.165, 1.54) is 11.6 Å². The Hall–Kier alpha value is -2.63. The molecule has 0 saturated heterocycles. The first-order valence-electron chi connectivity index (χ1n) is 8.42. The van der Waals surface area contributed by atoms with E-state index < -0.39 is 17.6 Å². The minimum Gasteiger partial charge on any atom is -0.307 e. The van der Waals surface area contributed by atoms with Gasteiger partial charge in [0.05, 0.1) is 5.56 Å². The lowest BCUT2D eigenvalue weighted by molar-refractivity contribution is -0.137. The Bertz CT molecular complexity index is 750. The number of aromatic nitrogens is 1. The molecule has 1 amide bonds. The van der Waals surface area contributed by atoms with Crippen molar-refractivity contribution in [2.45, 2.75) is 38.8 Å². The summed E-state index contributed by atoms with van der Waals surface area (Å²) in [5.74, 6) is 0.101. The van der Waals surface area contributed by atoms with Crippen molar-refractivity contribution in [3.05, 3.63) is 65.4 Å². The average molecular weight is 362 g/mol. The zero-order chi connectivity index (χ0) is 19.2. The SMILES string of the molecule is CCCC(C)c1ccc(/C=C/C(=O)Nc2ccc(C(F)(F)F)cn2)cc1. The van der Waals surface area contributed by atoms with E-state index in [2.05, 4.69) is 24.1 Å². The van der Waals surface area contributed by atoms with E-state index in [1.54, 1.807) is 6.08 Å². The van der Waals surface area contributed by atoms with Gasteiger partial charge in [0.15, 0.2) is 0 Å². The first-order valence-corrected chi connectivity index (χ1v) is 8.42. The van der Waals surface area contributed by atoms with Crippen molar-refractivity contribution in [2.24, 2.45) is 0 Å². The summed E-state index contributed by atoms with van der Waals surface area (Å²) in [6.45, 7) is 4.33. The Labute approximate surface area is 151 Å². The van der Waals surface area contributed by atoms with Crippen molar-refractivity contribution in [3.8, 4) is 0 Å². The molecular formula is C20H21F3N2O. The Kier molecular flexibility index (Phi) is 6.55. The van der Waals surface area contributed by atoms with Crippen LogP contribution >= 0.6 is 0 Å². The second kappa shape index (κ2) is 8.65. The Morgan fingerprint density at radius 2 is 1.88 bits per heavy atom. The molecule has 0 aliphatic carbocycles. The molecule has 1 heterocycles. The monoisotopic (exact) mass is 362 g/mol. The van der Waals surface area contributed by atoms with Crippen LogP contribution in [0, 0.1) is 0 Å². The van der Waals surface area contributed by atoms with Gasteiger partial charge in [-0.25, -0.2) is 4.98 Å². The van der Waals surface area contributed by atoms with Crippen LogP contribution in [-0.2, 0) is 11.0 Å². The number of nitrogens with zero attached hydrogens (tertiary/aromatic N) is 1. The molecule has 1 N–H and O–H groups in total. The average Bonchev–Trinajstić information content (AvgIpc) is 2.60. The van der Waals surface area contributed by atoms with E-state index in [0.29, 0.717) is 12.1 Å². The standard InChI is InChI=1S/C20H21F3N2O/c1-3-4-14(2)16-8-5-15(6-9-16)7-12-19(26)25-18-11-10-17(13-24-18)20(21,22)23/h5-14H,3-4H2,1-2H3,(H,24,25,26)/b12-7+. The van der Waals surface area contributed by atoms with Crippen molar-refractivity contribution in [2.75, 3.05) is 5.32 Å². The number of anilines is 1. The van der Waals surface area contributed by atoms with Gasteiger partial charge in [-0.05, 0) is 41.7 Å². The molecule has 2 aromatic rings. The van der Waals surface area contributed by atoms with E-state index in [9.17, 15) is 18.0 Å². The molecule has 0 saturated carbocycles. The lowest BCUT2D eigenvalue weighted by Gasteiger charge is -2.10. The van der Waals surface area contributed by atoms with Gasteiger partial charge in [0, 0.05) is 12.3 Å². The summed E-state index contributed by atoms with van der Waals surface area (Å²) in [5, 5.41) is 2.43. The van der Waals surface area contributed by atoms with Crippen LogP contribution in [0.1, 0.15) is 49.3 Å². The molecule has 6 heteroatoms. The maximum atomic E-state index is 12.5. The number of amides is 1. The van der Waals surface area contributed by atoms with Crippen LogP contribution in [0.15, 0.2) is 48.7 Å². The van der Waals surface area contributed by atoms with Crippen molar-refractivity contribution in [3.63, 3.8) is 0 Å². The third kappa shape index (κ3) is 5.72. The van der Waals surface area contributed by atoms with E-state index in [0.717, 1.165) is 30.5 Å². The van der Waals surface area contributed by atoms with Gasteiger partial charge in [-0.15, -0.1) is 0 Å². The largest absolute Gasteiger partial charge is 0.417 e. The number of alkyl halides is 3. The van der Waals surface area contributed by atoms with Gasteiger partial charge >= 0.3 is 6.18 Å². The lowest BCUT2D eigenvalue weighted by atomic mass is 9.96. The van der Waals surface area contributed by atoms with Gasteiger partial charge in [0.2, 0.25) is 5.91 Å². The highest BCUT2D eigenvalue weighted by atomic mass is 19.4. The summed E-state index contributed by atoms with van der Waals surface area (Å²) in [6.07, 6.45) is 1.46. The molecule has 1 atom stereocenters. The van der Waals surface area contributed by atoms with E-state index in [4.69, 9.17) is 0 Å². The number of pyridine rings is 1. The molecule has 2 rings (SSSR count). The summed E-state index contributed by atoms with van der Waals surface area (Å²) in [4.78, 5) is 15.5. The van der Waals surface area contributed by atoms with Crippen LogP contribution in [0.25, 0.3) is 6.08 Å². The number of carbonyl (C=O) groups excluding carboxylic acids is 1. The van der Waals surface area contributed by atoms with Gasteiger partial charge in [0.1, 0.15) is 5.82 Å². The van der Waals surface area contributed by atoms with Crippen molar-refractivity contribution in [1.82, 2.24) is 4.98 Å². The summed E-state index contributed by atoms with van der Waals surface area (Å²) in [6, 6.07) is 9.94. The second-order valence-electron chi connectivity index (χ2n) is 6.11. The molecular weight excluding hydrogens is 341 g/mol. The van der Waals surface area contributed by atoms with Gasteiger partial charge in [0.25, 0.3) is 0 Å². The molecule has 138 valence electrons. The maximum absolute atomic E-state index is 12.5. The maximum Gasteiger partial charge on any atom is 0.417 e.